The summed E-state index contributed by atoms with van der Waals surface area (Å²) in [5, 5.41) is 5.16. The van der Waals surface area contributed by atoms with E-state index in [9.17, 15) is 4.79 Å². The van der Waals surface area contributed by atoms with Crippen LogP contribution in [0.5, 0.6) is 0 Å². The van der Waals surface area contributed by atoms with Crippen LogP contribution < -0.4 is 0 Å². The van der Waals surface area contributed by atoms with Crippen LogP contribution in [0.3, 0.4) is 0 Å². The van der Waals surface area contributed by atoms with Crippen molar-refractivity contribution in [2.75, 3.05) is 14.1 Å². The molecule has 0 radical (unpaired) electrons. The van der Waals surface area contributed by atoms with E-state index in [1.54, 1.807) is 0 Å². The van der Waals surface area contributed by atoms with Gasteiger partial charge in [0.1, 0.15) is 0 Å². The number of nitrogens with zero attached hydrogens (tertiary/aromatic N) is 3. The zero-order valence-electron chi connectivity index (χ0n) is 14.2. The maximum atomic E-state index is 12.9. The van der Waals surface area contributed by atoms with E-state index >= 15 is 0 Å². The van der Waals surface area contributed by atoms with Gasteiger partial charge in [0.05, 0.1) is 28.4 Å². The SMILES string of the molecule is CCc1nn(CC)c(CC(=O)C(CC)(CC)N(C)C)c1Cl. The number of likely N-dealkylation sites (N-methyl/N-ethyl adjacent to an activating group) is 1. The predicted octanol–water partition coefficient (Wildman–Crippen LogP) is 3.35. The van der Waals surface area contributed by atoms with Gasteiger partial charge in [-0.1, -0.05) is 32.4 Å². The lowest BCUT2D eigenvalue weighted by atomic mass is 9.84. The van der Waals surface area contributed by atoms with E-state index in [4.69, 9.17) is 11.6 Å². The fourth-order valence-electron chi connectivity index (χ4n) is 3.03. The van der Waals surface area contributed by atoms with Gasteiger partial charge in [0, 0.05) is 6.54 Å². The highest BCUT2D eigenvalue weighted by Gasteiger charge is 2.37. The van der Waals surface area contributed by atoms with E-state index in [1.807, 2.05) is 37.5 Å². The molecule has 0 bridgehead atoms. The Kier molecular flexibility index (Phi) is 6.41. The number of carbonyl (C=O) groups is 1. The first kappa shape index (κ1) is 18.2. The standard InChI is InChI=1S/C16H28ClN3O/c1-7-12-15(17)13(20(10-4)18-12)11-14(21)16(8-2,9-3)19(5)6/h7-11H2,1-6H3. The van der Waals surface area contributed by atoms with E-state index in [1.165, 1.54) is 0 Å². The Balaban J connectivity index is 3.15. The Morgan fingerprint density at radius 3 is 2.19 bits per heavy atom. The smallest absolute Gasteiger partial charge is 0.159 e. The molecule has 5 heteroatoms. The molecule has 0 fully saturated rings. The minimum Gasteiger partial charge on any atom is -0.297 e. The van der Waals surface area contributed by atoms with Crippen LogP contribution in [0.4, 0.5) is 0 Å². The molecular formula is C16H28ClN3O. The molecule has 1 rings (SSSR count). The lowest BCUT2D eigenvalue weighted by Gasteiger charge is -2.37. The number of ketones is 1. The van der Waals surface area contributed by atoms with Gasteiger partial charge < -0.3 is 0 Å². The first-order valence-electron chi connectivity index (χ1n) is 7.82. The lowest BCUT2D eigenvalue weighted by Crippen LogP contribution is -2.51. The summed E-state index contributed by atoms with van der Waals surface area (Å²) in [6.45, 7) is 8.92. The molecule has 0 saturated heterocycles. The summed E-state index contributed by atoms with van der Waals surface area (Å²) in [6.07, 6.45) is 2.73. The molecule has 1 aromatic rings. The van der Waals surface area contributed by atoms with Gasteiger partial charge in [-0.3, -0.25) is 14.4 Å². The van der Waals surface area contributed by atoms with Crippen LogP contribution in [0, 0.1) is 0 Å². The van der Waals surface area contributed by atoms with E-state index in [0.717, 1.165) is 37.2 Å². The lowest BCUT2D eigenvalue weighted by molar-refractivity contribution is -0.129. The predicted molar refractivity (Wildman–Crippen MR) is 88.0 cm³/mol. The highest BCUT2D eigenvalue weighted by atomic mass is 35.5. The van der Waals surface area contributed by atoms with Crippen molar-refractivity contribution in [3.63, 3.8) is 0 Å². The average Bonchev–Trinajstić information content (AvgIpc) is 2.77. The second-order valence-corrected chi connectivity index (χ2v) is 5.99. The highest BCUT2D eigenvalue weighted by Crippen LogP contribution is 2.28. The summed E-state index contributed by atoms with van der Waals surface area (Å²) in [5.41, 5.74) is 1.32. The third-order valence-electron chi connectivity index (χ3n) is 4.57. The summed E-state index contributed by atoms with van der Waals surface area (Å²) in [6, 6.07) is 0. The maximum absolute atomic E-state index is 12.9. The monoisotopic (exact) mass is 313 g/mol. The Bertz CT molecular complexity index is 490. The molecule has 0 amide bonds. The Morgan fingerprint density at radius 1 is 1.24 bits per heavy atom. The number of halogens is 1. The van der Waals surface area contributed by atoms with Crippen molar-refractivity contribution in [1.29, 1.82) is 0 Å². The number of Topliss-reactive ketones (excluding diaryl/α,β-unsaturated/α-hetero) is 1. The van der Waals surface area contributed by atoms with Crippen molar-refractivity contribution < 1.29 is 4.79 Å². The first-order chi connectivity index (χ1) is 9.87. The van der Waals surface area contributed by atoms with E-state index in [0.29, 0.717) is 11.4 Å². The van der Waals surface area contributed by atoms with E-state index < -0.39 is 5.54 Å². The number of rotatable bonds is 8. The largest absolute Gasteiger partial charge is 0.297 e. The van der Waals surface area contributed by atoms with Crippen LogP contribution in [0.2, 0.25) is 5.02 Å². The third kappa shape index (κ3) is 3.32. The molecule has 1 aromatic heterocycles. The van der Waals surface area contributed by atoms with E-state index in [-0.39, 0.29) is 5.78 Å². The van der Waals surface area contributed by atoms with Crippen LogP contribution in [0.15, 0.2) is 0 Å². The summed E-state index contributed by atoms with van der Waals surface area (Å²) < 4.78 is 1.87. The molecule has 120 valence electrons. The minimum atomic E-state index is -0.418. The number of hydrogen-bond acceptors (Lipinski definition) is 3. The summed E-state index contributed by atoms with van der Waals surface area (Å²) in [7, 11) is 3.95. The molecule has 0 atom stereocenters. The fourth-order valence-corrected chi connectivity index (χ4v) is 3.36. The van der Waals surface area contributed by atoms with Gasteiger partial charge in [-0.05, 0) is 40.3 Å². The topological polar surface area (TPSA) is 38.1 Å². The zero-order valence-corrected chi connectivity index (χ0v) is 14.9. The molecule has 0 unspecified atom stereocenters. The van der Waals surface area contributed by atoms with Crippen molar-refractivity contribution in [3.8, 4) is 0 Å². The van der Waals surface area contributed by atoms with Gasteiger partial charge in [-0.15, -0.1) is 0 Å². The normalized spacial score (nSPS) is 12.2. The third-order valence-corrected chi connectivity index (χ3v) is 5.00. The molecule has 0 aromatic carbocycles. The molecule has 0 spiro atoms. The number of aromatic nitrogens is 2. The number of hydrogen-bond donors (Lipinski definition) is 0. The molecule has 0 saturated carbocycles. The second-order valence-electron chi connectivity index (χ2n) is 5.61. The van der Waals surface area contributed by atoms with Crippen LogP contribution in [0.25, 0.3) is 0 Å². The molecule has 1 heterocycles. The Morgan fingerprint density at radius 2 is 1.81 bits per heavy atom. The average molecular weight is 314 g/mol. The molecule has 0 aliphatic carbocycles. The number of aryl methyl sites for hydroxylation is 2. The van der Waals surface area contributed by atoms with Gasteiger partial charge in [0.25, 0.3) is 0 Å². The van der Waals surface area contributed by atoms with Gasteiger partial charge in [-0.25, -0.2) is 0 Å². The van der Waals surface area contributed by atoms with Crippen molar-refractivity contribution in [1.82, 2.24) is 14.7 Å². The van der Waals surface area contributed by atoms with Crippen LogP contribution in [-0.4, -0.2) is 40.1 Å². The quantitative estimate of drug-likeness (QED) is 0.738. The van der Waals surface area contributed by atoms with Crippen LogP contribution in [-0.2, 0) is 24.2 Å². The van der Waals surface area contributed by atoms with Crippen molar-refractivity contribution >= 4 is 17.4 Å². The minimum absolute atomic E-state index is 0.219. The molecule has 0 aliphatic heterocycles. The maximum Gasteiger partial charge on any atom is 0.159 e. The fraction of sp³-hybridized carbons (Fsp3) is 0.750. The first-order valence-corrected chi connectivity index (χ1v) is 8.20. The molecule has 0 N–H and O–H groups in total. The van der Waals surface area contributed by atoms with Crippen molar-refractivity contribution in [2.45, 2.75) is 65.5 Å². The molecule has 21 heavy (non-hydrogen) atoms. The highest BCUT2D eigenvalue weighted by molar-refractivity contribution is 6.32. The van der Waals surface area contributed by atoms with E-state index in [2.05, 4.69) is 18.9 Å². The summed E-state index contributed by atoms with van der Waals surface area (Å²) >= 11 is 6.42. The van der Waals surface area contributed by atoms with Crippen molar-refractivity contribution in [3.05, 3.63) is 16.4 Å². The van der Waals surface area contributed by atoms with Gasteiger partial charge in [0.15, 0.2) is 5.78 Å². The summed E-state index contributed by atoms with van der Waals surface area (Å²) in [5.74, 6) is 0.219. The molecular weight excluding hydrogens is 286 g/mol. The molecule has 4 nitrogen and oxygen atoms in total. The van der Waals surface area contributed by atoms with Gasteiger partial charge in [0.2, 0.25) is 0 Å². The molecule has 0 aliphatic rings. The Labute approximate surface area is 133 Å². The van der Waals surface area contributed by atoms with Crippen LogP contribution >= 0.6 is 11.6 Å². The van der Waals surface area contributed by atoms with Gasteiger partial charge >= 0.3 is 0 Å². The van der Waals surface area contributed by atoms with Crippen molar-refractivity contribution in [2.24, 2.45) is 0 Å². The zero-order chi connectivity index (χ0) is 16.2. The second kappa shape index (κ2) is 7.41. The summed E-state index contributed by atoms with van der Waals surface area (Å²) in [4.78, 5) is 15.0. The Hall–Kier alpha value is -0.870. The van der Waals surface area contributed by atoms with Gasteiger partial charge in [-0.2, -0.15) is 5.10 Å². The number of carbonyl (C=O) groups excluding carboxylic acids is 1. The van der Waals surface area contributed by atoms with Crippen LogP contribution in [0.1, 0.15) is 51.9 Å².